The van der Waals surface area contributed by atoms with Crippen LogP contribution in [0, 0.1) is 5.92 Å². The van der Waals surface area contributed by atoms with Gasteiger partial charge in [-0.1, -0.05) is 51.3 Å². The van der Waals surface area contributed by atoms with Crippen LogP contribution in [0.15, 0.2) is 30.3 Å². The second-order valence-corrected chi connectivity index (χ2v) is 4.04. The molecule has 0 N–H and O–H groups in total. The number of hydrogen-bond acceptors (Lipinski definition) is 1. The molecule has 0 radical (unpaired) electrons. The number of para-hydroxylation sites is 1. The van der Waals surface area contributed by atoms with Gasteiger partial charge in [0.25, 0.3) is 0 Å². The van der Waals surface area contributed by atoms with Crippen LogP contribution in [-0.4, -0.2) is 6.61 Å². The summed E-state index contributed by atoms with van der Waals surface area (Å²) < 4.78 is 5.76. The normalized spacial score (nSPS) is 12.4. The molecule has 1 aromatic rings. The summed E-state index contributed by atoms with van der Waals surface area (Å²) in [5.41, 5.74) is 0. The van der Waals surface area contributed by atoms with Crippen LogP contribution in [0.5, 0.6) is 5.75 Å². The summed E-state index contributed by atoms with van der Waals surface area (Å²) in [6.45, 7) is 5.35. The zero-order chi connectivity index (χ0) is 10.9. The van der Waals surface area contributed by atoms with Gasteiger partial charge < -0.3 is 4.74 Å². The van der Waals surface area contributed by atoms with Crippen LogP contribution >= 0.6 is 0 Å². The van der Waals surface area contributed by atoms with Gasteiger partial charge in [0.1, 0.15) is 5.75 Å². The lowest BCUT2D eigenvalue weighted by Crippen LogP contribution is -2.11. The fourth-order valence-electron chi connectivity index (χ4n) is 1.63. The second-order valence-electron chi connectivity index (χ2n) is 4.04. The van der Waals surface area contributed by atoms with Crippen molar-refractivity contribution in [1.82, 2.24) is 0 Å². The monoisotopic (exact) mass is 206 g/mol. The maximum Gasteiger partial charge on any atom is 0.119 e. The molecular weight excluding hydrogens is 184 g/mol. The third kappa shape index (κ3) is 4.87. The Labute approximate surface area is 93.5 Å². The van der Waals surface area contributed by atoms with E-state index in [0.717, 1.165) is 12.4 Å². The molecule has 0 saturated carbocycles. The Morgan fingerprint density at radius 2 is 1.87 bits per heavy atom. The van der Waals surface area contributed by atoms with Crippen molar-refractivity contribution in [1.29, 1.82) is 0 Å². The zero-order valence-corrected chi connectivity index (χ0v) is 9.91. The molecule has 84 valence electrons. The van der Waals surface area contributed by atoms with E-state index < -0.39 is 0 Å². The largest absolute Gasteiger partial charge is 0.493 e. The molecule has 1 atom stereocenters. The van der Waals surface area contributed by atoms with Crippen LogP contribution in [0.1, 0.15) is 39.5 Å². The van der Waals surface area contributed by atoms with E-state index in [0.29, 0.717) is 5.92 Å². The Hall–Kier alpha value is -0.980. The number of hydrogen-bond donors (Lipinski definition) is 0. The van der Waals surface area contributed by atoms with E-state index in [4.69, 9.17) is 4.74 Å². The molecule has 0 aliphatic carbocycles. The molecule has 0 aliphatic rings. The molecule has 0 bridgehead atoms. The summed E-state index contributed by atoms with van der Waals surface area (Å²) in [7, 11) is 0. The van der Waals surface area contributed by atoms with E-state index in [-0.39, 0.29) is 0 Å². The fraction of sp³-hybridized carbons (Fsp3) is 0.571. The van der Waals surface area contributed by atoms with Crippen molar-refractivity contribution < 1.29 is 4.74 Å². The van der Waals surface area contributed by atoms with Crippen LogP contribution in [0.25, 0.3) is 0 Å². The first-order valence-corrected chi connectivity index (χ1v) is 6.04. The molecule has 0 aromatic heterocycles. The standard InChI is InChI=1S/C14H22O/c1-3-5-9-13(4-2)12-15-14-10-7-6-8-11-14/h6-8,10-11,13H,3-5,9,12H2,1-2H3/t13-/m1/s1. The third-order valence-corrected chi connectivity index (χ3v) is 2.77. The van der Waals surface area contributed by atoms with Gasteiger partial charge in [-0.25, -0.2) is 0 Å². The maximum absolute atomic E-state index is 5.76. The predicted octanol–water partition coefficient (Wildman–Crippen LogP) is 4.28. The lowest BCUT2D eigenvalue weighted by molar-refractivity contribution is 0.233. The quantitative estimate of drug-likeness (QED) is 0.647. The number of benzene rings is 1. The molecule has 1 nitrogen and oxygen atoms in total. The van der Waals surface area contributed by atoms with E-state index in [2.05, 4.69) is 13.8 Å². The van der Waals surface area contributed by atoms with Gasteiger partial charge in [0.2, 0.25) is 0 Å². The molecule has 0 spiro atoms. The van der Waals surface area contributed by atoms with Crippen LogP contribution in [-0.2, 0) is 0 Å². The zero-order valence-electron chi connectivity index (χ0n) is 9.91. The molecule has 0 saturated heterocycles. The van der Waals surface area contributed by atoms with Crippen molar-refractivity contribution in [2.45, 2.75) is 39.5 Å². The van der Waals surface area contributed by atoms with E-state index in [1.54, 1.807) is 0 Å². The van der Waals surface area contributed by atoms with E-state index in [9.17, 15) is 0 Å². The van der Waals surface area contributed by atoms with Crippen molar-refractivity contribution >= 4 is 0 Å². The highest BCUT2D eigenvalue weighted by molar-refractivity contribution is 5.20. The van der Waals surface area contributed by atoms with Crippen molar-refractivity contribution in [2.24, 2.45) is 5.92 Å². The summed E-state index contributed by atoms with van der Waals surface area (Å²) in [5, 5.41) is 0. The molecule has 0 fully saturated rings. The Morgan fingerprint density at radius 3 is 2.47 bits per heavy atom. The SMILES string of the molecule is CCCC[C@@H](CC)COc1ccccc1. The molecule has 1 heteroatoms. The highest BCUT2D eigenvalue weighted by atomic mass is 16.5. The van der Waals surface area contributed by atoms with Gasteiger partial charge >= 0.3 is 0 Å². The molecule has 1 aromatic carbocycles. The van der Waals surface area contributed by atoms with E-state index >= 15 is 0 Å². The average molecular weight is 206 g/mol. The van der Waals surface area contributed by atoms with Crippen molar-refractivity contribution in [2.75, 3.05) is 6.61 Å². The summed E-state index contributed by atoms with van der Waals surface area (Å²) in [5.74, 6) is 1.71. The Kier molecular flexibility index (Phi) is 5.91. The van der Waals surface area contributed by atoms with Crippen molar-refractivity contribution in [3.8, 4) is 5.75 Å². The Morgan fingerprint density at radius 1 is 1.13 bits per heavy atom. The minimum absolute atomic E-state index is 0.713. The highest BCUT2D eigenvalue weighted by Gasteiger charge is 2.06. The molecule has 0 heterocycles. The summed E-state index contributed by atoms with van der Waals surface area (Å²) in [4.78, 5) is 0. The van der Waals surface area contributed by atoms with Crippen LogP contribution in [0.2, 0.25) is 0 Å². The summed E-state index contributed by atoms with van der Waals surface area (Å²) in [6.07, 6.45) is 5.10. The summed E-state index contributed by atoms with van der Waals surface area (Å²) >= 11 is 0. The maximum atomic E-state index is 5.76. The first-order valence-electron chi connectivity index (χ1n) is 6.04. The molecular formula is C14H22O. The number of ether oxygens (including phenoxy) is 1. The van der Waals surface area contributed by atoms with Crippen molar-refractivity contribution in [3.63, 3.8) is 0 Å². The topological polar surface area (TPSA) is 9.23 Å². The van der Waals surface area contributed by atoms with Crippen molar-refractivity contribution in [3.05, 3.63) is 30.3 Å². The smallest absolute Gasteiger partial charge is 0.119 e. The number of unbranched alkanes of at least 4 members (excludes halogenated alkanes) is 1. The fourth-order valence-corrected chi connectivity index (χ4v) is 1.63. The minimum atomic E-state index is 0.713. The molecule has 0 amide bonds. The van der Waals surface area contributed by atoms with Gasteiger partial charge in [-0.05, 0) is 24.5 Å². The van der Waals surface area contributed by atoms with E-state index in [1.807, 2.05) is 30.3 Å². The van der Waals surface area contributed by atoms with Crippen LogP contribution in [0.3, 0.4) is 0 Å². The molecule has 1 rings (SSSR count). The lowest BCUT2D eigenvalue weighted by atomic mass is 10.0. The molecule has 15 heavy (non-hydrogen) atoms. The van der Waals surface area contributed by atoms with Crippen LogP contribution in [0.4, 0.5) is 0 Å². The predicted molar refractivity (Wildman–Crippen MR) is 65.2 cm³/mol. The first kappa shape index (κ1) is 12.1. The molecule has 0 unspecified atom stereocenters. The Balaban J connectivity index is 2.28. The second kappa shape index (κ2) is 7.33. The summed E-state index contributed by atoms with van der Waals surface area (Å²) in [6, 6.07) is 10.1. The van der Waals surface area contributed by atoms with E-state index in [1.165, 1.54) is 25.7 Å². The van der Waals surface area contributed by atoms with Gasteiger partial charge in [0.15, 0.2) is 0 Å². The van der Waals surface area contributed by atoms with Gasteiger partial charge in [-0.2, -0.15) is 0 Å². The molecule has 0 aliphatic heterocycles. The Bertz CT molecular complexity index is 243. The highest BCUT2D eigenvalue weighted by Crippen LogP contribution is 2.15. The van der Waals surface area contributed by atoms with Gasteiger partial charge in [0, 0.05) is 0 Å². The lowest BCUT2D eigenvalue weighted by Gasteiger charge is -2.15. The third-order valence-electron chi connectivity index (χ3n) is 2.77. The van der Waals surface area contributed by atoms with Crippen LogP contribution < -0.4 is 4.74 Å². The minimum Gasteiger partial charge on any atom is -0.493 e. The van der Waals surface area contributed by atoms with Gasteiger partial charge in [-0.3, -0.25) is 0 Å². The number of rotatable bonds is 7. The van der Waals surface area contributed by atoms with Gasteiger partial charge in [0.05, 0.1) is 6.61 Å². The first-order chi connectivity index (χ1) is 7.36. The van der Waals surface area contributed by atoms with Gasteiger partial charge in [-0.15, -0.1) is 0 Å². The average Bonchev–Trinajstić information content (AvgIpc) is 2.31.